The third kappa shape index (κ3) is 6.31. The second kappa shape index (κ2) is 15.7. The minimum Gasteiger partial charge on any atom is -0.456 e. The van der Waals surface area contributed by atoms with Crippen molar-refractivity contribution >= 4 is 123 Å². The molecule has 10 aromatic carbocycles. The Hall–Kier alpha value is -8.48. The van der Waals surface area contributed by atoms with Crippen LogP contribution in [0.1, 0.15) is 103 Å². The van der Waals surface area contributed by atoms with Crippen molar-refractivity contribution in [2.24, 2.45) is 0 Å². The Morgan fingerprint density at radius 3 is 1.61 bits per heavy atom. The highest BCUT2D eigenvalue weighted by Crippen LogP contribution is 2.55. The van der Waals surface area contributed by atoms with Crippen LogP contribution in [0.3, 0.4) is 0 Å². The molecule has 0 unspecified atom stereocenters. The molecule has 0 amide bonds. The summed E-state index contributed by atoms with van der Waals surface area (Å²) in [7, 11) is 0. The Bertz CT molecular complexity index is 4850. The van der Waals surface area contributed by atoms with Crippen LogP contribution in [0.5, 0.6) is 0 Å². The molecule has 17 rings (SSSR count). The lowest BCUT2D eigenvalue weighted by atomic mass is 9.43. The van der Waals surface area contributed by atoms with Gasteiger partial charge in [-0.25, -0.2) is 0 Å². The first-order valence-electron chi connectivity index (χ1n) is 28.9. The Morgan fingerprint density at radius 2 is 0.925 bits per heavy atom. The topological polar surface area (TPSA) is 45.9 Å². The molecule has 0 radical (unpaired) electrons. The highest BCUT2D eigenvalue weighted by molar-refractivity contribution is 6.94. The minimum absolute atomic E-state index is 0.0251. The van der Waals surface area contributed by atoms with E-state index in [9.17, 15) is 0 Å². The molecule has 2 aliphatic heterocycles. The van der Waals surface area contributed by atoms with Gasteiger partial charge in [-0.15, -0.1) is 0 Å². The quantitative estimate of drug-likeness (QED) is 0.165. The monoisotopic (exact) mass is 1040 g/mol. The molecule has 0 saturated carbocycles. The van der Waals surface area contributed by atoms with E-state index in [0.29, 0.717) is 0 Å². The molecule has 5 heterocycles. The molecular formula is C74H61BN2O3. The van der Waals surface area contributed by atoms with E-state index in [0.717, 1.165) is 120 Å². The maximum atomic E-state index is 7.24. The molecule has 6 heteroatoms. The van der Waals surface area contributed by atoms with Gasteiger partial charge in [-0.05, 0) is 158 Å². The van der Waals surface area contributed by atoms with Gasteiger partial charge in [0.15, 0.2) is 0 Å². The molecule has 2 aliphatic carbocycles. The zero-order valence-electron chi connectivity index (χ0n) is 46.8. The Morgan fingerprint density at radius 1 is 0.388 bits per heavy atom. The summed E-state index contributed by atoms with van der Waals surface area (Å²) in [6.07, 6.45) is 4.57. The van der Waals surface area contributed by atoms with Crippen molar-refractivity contribution in [3.8, 4) is 22.3 Å². The Balaban J connectivity index is 0.999. The van der Waals surface area contributed by atoms with E-state index in [2.05, 4.69) is 241 Å². The average molecular weight is 1040 g/mol. The molecule has 0 spiro atoms. The van der Waals surface area contributed by atoms with Crippen molar-refractivity contribution < 1.29 is 13.3 Å². The van der Waals surface area contributed by atoms with Gasteiger partial charge < -0.3 is 23.0 Å². The van der Waals surface area contributed by atoms with Gasteiger partial charge in [0.05, 0.1) is 0 Å². The van der Waals surface area contributed by atoms with Gasteiger partial charge in [0.25, 0.3) is 0 Å². The summed E-state index contributed by atoms with van der Waals surface area (Å²) in [5.74, 6) is 0. The number of hydrogen-bond donors (Lipinski definition) is 0. The van der Waals surface area contributed by atoms with Crippen LogP contribution in [0.4, 0.5) is 28.4 Å². The van der Waals surface area contributed by atoms with Gasteiger partial charge in [0, 0.05) is 89.4 Å². The van der Waals surface area contributed by atoms with Crippen LogP contribution >= 0.6 is 0 Å². The van der Waals surface area contributed by atoms with E-state index < -0.39 is 0 Å². The number of furan rings is 3. The van der Waals surface area contributed by atoms with Gasteiger partial charge >= 0.3 is 6.85 Å². The van der Waals surface area contributed by atoms with E-state index in [-0.39, 0.29) is 28.5 Å². The molecule has 0 fully saturated rings. The van der Waals surface area contributed by atoms with E-state index in [4.69, 9.17) is 13.3 Å². The number of fused-ring (bicyclic) bond motifs is 18. The molecule has 5 nitrogen and oxygen atoms in total. The SMILES string of the molecule is CC1(C)CCC(C)(C)c2cc3c(cc21)oc1cc(N2c4cc5oc6cc7c(cc6c5cc4B4c5c2cc2c(oc6ccccc62)c5-c2ccc5ccccc5c2N4c2ccc(-c4ccccc4)cc2)C(C)(C)CCC7(C)C)ccc13. The molecule has 4 aliphatic rings. The second-order valence-corrected chi connectivity index (χ2v) is 26.5. The van der Waals surface area contributed by atoms with Crippen molar-refractivity contribution in [2.45, 2.75) is 103 Å². The minimum atomic E-state index is -0.292. The third-order valence-electron chi connectivity index (χ3n) is 19.9. The summed E-state index contributed by atoms with van der Waals surface area (Å²) in [4.78, 5) is 5.17. The predicted octanol–water partition coefficient (Wildman–Crippen LogP) is 19.6. The highest BCUT2D eigenvalue weighted by atomic mass is 16.3. The molecular weight excluding hydrogens is 976 g/mol. The first kappa shape index (κ1) is 46.4. The van der Waals surface area contributed by atoms with Crippen LogP contribution in [-0.2, 0) is 21.7 Å². The summed E-state index contributed by atoms with van der Waals surface area (Å²) in [5.41, 5.74) is 23.8. The molecule has 80 heavy (non-hydrogen) atoms. The predicted molar refractivity (Wildman–Crippen MR) is 336 cm³/mol. The maximum absolute atomic E-state index is 7.24. The molecule has 0 atom stereocenters. The van der Waals surface area contributed by atoms with Crippen molar-refractivity contribution in [3.63, 3.8) is 0 Å². The van der Waals surface area contributed by atoms with E-state index in [1.807, 2.05) is 0 Å². The van der Waals surface area contributed by atoms with Crippen LogP contribution in [0.2, 0.25) is 0 Å². The molecule has 3 aromatic heterocycles. The number of anilines is 5. The second-order valence-electron chi connectivity index (χ2n) is 26.5. The van der Waals surface area contributed by atoms with Gasteiger partial charge in [-0.3, -0.25) is 0 Å². The fourth-order valence-electron chi connectivity index (χ4n) is 15.3. The number of rotatable bonds is 3. The van der Waals surface area contributed by atoms with Crippen molar-refractivity contribution in [1.29, 1.82) is 0 Å². The zero-order chi connectivity index (χ0) is 53.9. The Labute approximate surface area is 466 Å². The summed E-state index contributed by atoms with van der Waals surface area (Å²) in [6.45, 7) is 19.0. The molecule has 0 bridgehead atoms. The summed E-state index contributed by atoms with van der Waals surface area (Å²) in [5, 5.41) is 9.16. The van der Waals surface area contributed by atoms with Gasteiger partial charge in [0.1, 0.15) is 33.5 Å². The molecule has 0 N–H and O–H groups in total. The van der Waals surface area contributed by atoms with Gasteiger partial charge in [-0.2, -0.15) is 0 Å². The van der Waals surface area contributed by atoms with Crippen LogP contribution in [-0.4, -0.2) is 6.85 Å². The largest absolute Gasteiger partial charge is 0.456 e. The normalized spacial score (nSPS) is 17.4. The fraction of sp³-hybridized carbons (Fsp3) is 0.216. The first-order chi connectivity index (χ1) is 38.6. The average Bonchev–Trinajstić information content (AvgIpc) is 4.23. The lowest BCUT2D eigenvalue weighted by molar-refractivity contribution is 0.332. The number of benzene rings is 10. The summed E-state index contributed by atoms with van der Waals surface area (Å²) >= 11 is 0. The lowest BCUT2D eigenvalue weighted by Gasteiger charge is -2.46. The van der Waals surface area contributed by atoms with E-state index in [1.54, 1.807) is 0 Å². The fourth-order valence-corrected chi connectivity index (χ4v) is 15.3. The van der Waals surface area contributed by atoms with Crippen molar-refractivity contribution in [3.05, 3.63) is 198 Å². The lowest BCUT2D eigenvalue weighted by Crippen LogP contribution is -2.61. The summed E-state index contributed by atoms with van der Waals surface area (Å²) < 4.78 is 21.6. The van der Waals surface area contributed by atoms with Crippen molar-refractivity contribution in [1.82, 2.24) is 0 Å². The van der Waals surface area contributed by atoms with Crippen molar-refractivity contribution in [2.75, 3.05) is 9.71 Å². The molecule has 388 valence electrons. The molecule has 0 saturated heterocycles. The van der Waals surface area contributed by atoms with Gasteiger partial charge in [-0.1, -0.05) is 159 Å². The van der Waals surface area contributed by atoms with E-state index in [1.165, 1.54) is 66.2 Å². The first-order valence-corrected chi connectivity index (χ1v) is 28.9. The maximum Gasteiger partial charge on any atom is 0.333 e. The third-order valence-corrected chi connectivity index (χ3v) is 19.9. The van der Waals surface area contributed by atoms with Crippen LogP contribution < -0.4 is 20.6 Å². The van der Waals surface area contributed by atoms with E-state index >= 15 is 0 Å². The van der Waals surface area contributed by atoms with Gasteiger partial charge in [0.2, 0.25) is 0 Å². The number of hydrogen-bond acceptors (Lipinski definition) is 5. The highest BCUT2D eigenvalue weighted by Gasteiger charge is 2.48. The summed E-state index contributed by atoms with van der Waals surface area (Å²) in [6, 6.07) is 66.0. The Kier molecular flexibility index (Phi) is 9.09. The molecule has 13 aromatic rings. The standard InChI is InChI=1S/C74H61BN2O3/c1-71(2)30-32-73(5,6)57-39-64-51(35-55(57)71)49-29-27-46(34-63(49)78-64)76-60-41-66-53(52-36-56-58(40-65(52)79-66)74(7,8)33-31-72(56,3)4)37-59(60)75-68-61(76)38-54-48-20-14-15-21-62(48)80-70(54)67(68)50-28-24-44-18-12-13-19-47(44)69(50)77(75)45-25-22-43(23-26-45)42-16-10-9-11-17-42/h9-29,34-41H,30-33H2,1-8H3. The smallest absolute Gasteiger partial charge is 0.333 e. The van der Waals surface area contributed by atoms with Crippen LogP contribution in [0.25, 0.3) is 98.8 Å². The number of para-hydroxylation sites is 1. The van der Waals surface area contributed by atoms with Crippen LogP contribution in [0.15, 0.2) is 189 Å². The zero-order valence-corrected chi connectivity index (χ0v) is 46.8. The van der Waals surface area contributed by atoms with Crippen LogP contribution in [0, 0.1) is 0 Å². The number of nitrogens with zero attached hydrogens (tertiary/aromatic N) is 2.